The molecule has 2 amide bonds. The van der Waals surface area contributed by atoms with Gasteiger partial charge in [0.05, 0.1) is 12.2 Å². The Hall–Kier alpha value is -2.20. The summed E-state index contributed by atoms with van der Waals surface area (Å²) in [7, 11) is 0. The van der Waals surface area contributed by atoms with Crippen molar-refractivity contribution in [1.82, 2.24) is 0 Å². The zero-order chi connectivity index (χ0) is 14.8. The quantitative estimate of drug-likeness (QED) is 0.859. The van der Waals surface area contributed by atoms with Crippen LogP contribution in [0.4, 0.5) is 16.2 Å². The molecule has 0 aliphatic carbocycles. The summed E-state index contributed by atoms with van der Waals surface area (Å²) in [6.07, 6.45) is -0.0509. The Kier molecular flexibility index (Phi) is 3.71. The normalized spacial score (nSPS) is 16.9. The third-order valence-electron chi connectivity index (χ3n) is 3.24. The molecular formula is C16H15ClN2O2. The minimum absolute atomic E-state index is 0.0509. The van der Waals surface area contributed by atoms with Crippen LogP contribution in [0, 0.1) is 0 Å². The van der Waals surface area contributed by atoms with Crippen LogP contribution in [-0.4, -0.2) is 18.7 Å². The number of halogens is 1. The van der Waals surface area contributed by atoms with Gasteiger partial charge in [0, 0.05) is 10.7 Å². The molecule has 21 heavy (non-hydrogen) atoms. The first-order valence-electron chi connectivity index (χ1n) is 6.73. The molecular weight excluding hydrogens is 288 g/mol. The van der Waals surface area contributed by atoms with E-state index < -0.39 is 0 Å². The van der Waals surface area contributed by atoms with E-state index in [4.69, 9.17) is 16.3 Å². The first kappa shape index (κ1) is 13.8. The first-order valence-corrected chi connectivity index (χ1v) is 7.11. The highest BCUT2D eigenvalue weighted by molar-refractivity contribution is 6.30. The number of para-hydroxylation sites is 2. The standard InChI is InChI=1S/C16H15ClN2O2/c1-11-10-19(14-7-2-3-8-15(14)21-11)16(20)18-13-6-4-5-12(17)9-13/h2-9,11H,10H2,1H3,(H,18,20)/t11-/m0/s1. The lowest BCUT2D eigenvalue weighted by atomic mass is 10.2. The summed E-state index contributed by atoms with van der Waals surface area (Å²) in [6.45, 7) is 2.44. The summed E-state index contributed by atoms with van der Waals surface area (Å²) in [4.78, 5) is 14.2. The Bertz CT molecular complexity index is 675. The molecule has 2 aromatic rings. The van der Waals surface area contributed by atoms with Gasteiger partial charge < -0.3 is 10.1 Å². The van der Waals surface area contributed by atoms with E-state index >= 15 is 0 Å². The molecule has 1 heterocycles. The van der Waals surface area contributed by atoms with E-state index in [1.54, 1.807) is 29.2 Å². The fraction of sp³-hybridized carbons (Fsp3) is 0.188. The zero-order valence-electron chi connectivity index (χ0n) is 11.5. The Morgan fingerprint density at radius 2 is 2.10 bits per heavy atom. The minimum Gasteiger partial charge on any atom is -0.487 e. The summed E-state index contributed by atoms with van der Waals surface area (Å²) >= 11 is 5.93. The number of hydrogen-bond acceptors (Lipinski definition) is 2. The number of fused-ring (bicyclic) bond motifs is 1. The van der Waals surface area contributed by atoms with E-state index in [0.29, 0.717) is 17.3 Å². The Balaban J connectivity index is 1.85. The number of benzene rings is 2. The number of rotatable bonds is 1. The van der Waals surface area contributed by atoms with Gasteiger partial charge in [-0.1, -0.05) is 29.8 Å². The molecule has 0 radical (unpaired) electrons. The number of carbonyl (C=O) groups excluding carboxylic acids is 1. The highest BCUT2D eigenvalue weighted by atomic mass is 35.5. The minimum atomic E-state index is -0.195. The fourth-order valence-electron chi connectivity index (χ4n) is 2.34. The molecule has 0 bridgehead atoms. The van der Waals surface area contributed by atoms with Crippen molar-refractivity contribution in [1.29, 1.82) is 0 Å². The van der Waals surface area contributed by atoms with Crippen LogP contribution >= 0.6 is 11.6 Å². The van der Waals surface area contributed by atoms with Gasteiger partial charge >= 0.3 is 6.03 Å². The number of anilines is 2. The molecule has 1 aliphatic heterocycles. The monoisotopic (exact) mass is 302 g/mol. The van der Waals surface area contributed by atoms with Crippen LogP contribution in [0.5, 0.6) is 5.75 Å². The van der Waals surface area contributed by atoms with Gasteiger partial charge in [-0.25, -0.2) is 4.79 Å². The summed E-state index contributed by atoms with van der Waals surface area (Å²) < 4.78 is 5.74. The zero-order valence-corrected chi connectivity index (χ0v) is 12.3. The van der Waals surface area contributed by atoms with Crippen LogP contribution < -0.4 is 15.0 Å². The van der Waals surface area contributed by atoms with Crippen LogP contribution in [-0.2, 0) is 0 Å². The second kappa shape index (κ2) is 5.66. The van der Waals surface area contributed by atoms with Gasteiger partial charge in [-0.05, 0) is 37.3 Å². The summed E-state index contributed by atoms with van der Waals surface area (Å²) in [5, 5.41) is 3.45. The van der Waals surface area contributed by atoms with Crippen LogP contribution in [0.3, 0.4) is 0 Å². The molecule has 108 valence electrons. The Labute approximate surface area is 128 Å². The molecule has 0 saturated carbocycles. The highest BCUT2D eigenvalue weighted by Gasteiger charge is 2.27. The van der Waals surface area contributed by atoms with Gasteiger partial charge in [0.2, 0.25) is 0 Å². The van der Waals surface area contributed by atoms with Crippen molar-refractivity contribution in [2.45, 2.75) is 13.0 Å². The summed E-state index contributed by atoms with van der Waals surface area (Å²) in [5.41, 5.74) is 1.44. The number of ether oxygens (including phenoxy) is 1. The lowest BCUT2D eigenvalue weighted by molar-refractivity contribution is 0.208. The van der Waals surface area contributed by atoms with Crippen LogP contribution in [0.1, 0.15) is 6.92 Å². The van der Waals surface area contributed by atoms with Crippen LogP contribution in [0.2, 0.25) is 5.02 Å². The van der Waals surface area contributed by atoms with Gasteiger partial charge in [0.25, 0.3) is 0 Å². The van der Waals surface area contributed by atoms with E-state index in [9.17, 15) is 4.79 Å². The lowest BCUT2D eigenvalue weighted by Gasteiger charge is -2.33. The van der Waals surface area contributed by atoms with Crippen LogP contribution in [0.25, 0.3) is 0 Å². The molecule has 0 fully saturated rings. The molecule has 1 aliphatic rings. The highest BCUT2D eigenvalue weighted by Crippen LogP contribution is 2.33. The van der Waals surface area contributed by atoms with Crippen molar-refractivity contribution in [2.24, 2.45) is 0 Å². The number of nitrogens with one attached hydrogen (secondary N) is 1. The molecule has 5 heteroatoms. The van der Waals surface area contributed by atoms with Crippen molar-refractivity contribution >= 4 is 29.0 Å². The molecule has 4 nitrogen and oxygen atoms in total. The SMILES string of the molecule is C[C@H]1CN(C(=O)Nc2cccc(Cl)c2)c2ccccc2O1. The van der Waals surface area contributed by atoms with Crippen molar-refractivity contribution in [3.05, 3.63) is 53.6 Å². The number of amides is 2. The predicted octanol–water partition coefficient (Wildman–Crippen LogP) is 4.16. The molecule has 0 spiro atoms. The fourth-order valence-corrected chi connectivity index (χ4v) is 2.53. The molecule has 0 unspecified atom stereocenters. The average molecular weight is 303 g/mol. The van der Waals surface area contributed by atoms with E-state index in [2.05, 4.69) is 5.32 Å². The van der Waals surface area contributed by atoms with Crippen molar-refractivity contribution in [3.63, 3.8) is 0 Å². The van der Waals surface area contributed by atoms with E-state index in [1.165, 1.54) is 0 Å². The topological polar surface area (TPSA) is 41.6 Å². The molecule has 0 saturated heterocycles. The molecule has 3 rings (SSSR count). The smallest absolute Gasteiger partial charge is 0.326 e. The van der Waals surface area contributed by atoms with E-state index in [0.717, 1.165) is 11.4 Å². The third-order valence-corrected chi connectivity index (χ3v) is 3.48. The molecule has 2 aromatic carbocycles. The predicted molar refractivity (Wildman–Crippen MR) is 84.3 cm³/mol. The first-order chi connectivity index (χ1) is 10.1. The molecule has 1 N–H and O–H groups in total. The van der Waals surface area contributed by atoms with Gasteiger partial charge in [-0.3, -0.25) is 4.90 Å². The molecule has 0 aromatic heterocycles. The van der Waals surface area contributed by atoms with Crippen molar-refractivity contribution in [3.8, 4) is 5.75 Å². The summed E-state index contributed by atoms with van der Waals surface area (Å²) in [5.74, 6) is 0.720. The number of urea groups is 1. The largest absolute Gasteiger partial charge is 0.487 e. The maximum Gasteiger partial charge on any atom is 0.326 e. The Morgan fingerprint density at radius 3 is 2.90 bits per heavy atom. The lowest BCUT2D eigenvalue weighted by Crippen LogP contribution is -2.44. The van der Waals surface area contributed by atoms with Crippen molar-refractivity contribution in [2.75, 3.05) is 16.8 Å². The third kappa shape index (κ3) is 2.95. The summed E-state index contributed by atoms with van der Waals surface area (Å²) in [6, 6.07) is 14.4. The second-order valence-electron chi connectivity index (χ2n) is 4.95. The number of carbonyl (C=O) groups is 1. The van der Waals surface area contributed by atoms with Crippen molar-refractivity contribution < 1.29 is 9.53 Å². The number of hydrogen-bond donors (Lipinski definition) is 1. The average Bonchev–Trinajstić information content (AvgIpc) is 2.46. The molecule has 1 atom stereocenters. The van der Waals surface area contributed by atoms with Gasteiger partial charge in [-0.2, -0.15) is 0 Å². The maximum atomic E-state index is 12.5. The number of nitrogens with zero attached hydrogens (tertiary/aromatic N) is 1. The Morgan fingerprint density at radius 1 is 1.29 bits per heavy atom. The maximum absolute atomic E-state index is 12.5. The van der Waals surface area contributed by atoms with Crippen LogP contribution in [0.15, 0.2) is 48.5 Å². The van der Waals surface area contributed by atoms with E-state index in [-0.39, 0.29) is 12.1 Å². The van der Waals surface area contributed by atoms with E-state index in [1.807, 2.05) is 31.2 Å². The van der Waals surface area contributed by atoms with Gasteiger partial charge in [0.1, 0.15) is 11.9 Å². The van der Waals surface area contributed by atoms with Gasteiger partial charge in [0.15, 0.2) is 0 Å². The second-order valence-corrected chi connectivity index (χ2v) is 5.38. The van der Waals surface area contributed by atoms with Gasteiger partial charge in [-0.15, -0.1) is 0 Å².